The molecule has 1 aromatic carbocycles. The monoisotopic (exact) mass is 423 g/mol. The highest BCUT2D eigenvalue weighted by atomic mass is 16.2. The smallest absolute Gasteiger partial charge is 0.329 e. The molecule has 8 nitrogen and oxygen atoms in total. The molecule has 0 saturated carbocycles. The zero-order valence-electron chi connectivity index (χ0n) is 18.7. The number of nitrogens with zero attached hydrogens (tertiary/aromatic N) is 3. The summed E-state index contributed by atoms with van der Waals surface area (Å²) < 4.78 is 2.92. The van der Waals surface area contributed by atoms with Crippen LogP contribution in [0.2, 0.25) is 0 Å². The molecule has 0 aliphatic heterocycles. The summed E-state index contributed by atoms with van der Waals surface area (Å²) in [5, 5.41) is 5.72. The number of aromatic nitrogens is 3. The van der Waals surface area contributed by atoms with Crippen LogP contribution in [-0.2, 0) is 30.1 Å². The zero-order valence-corrected chi connectivity index (χ0v) is 18.7. The van der Waals surface area contributed by atoms with E-state index in [0.717, 1.165) is 0 Å². The van der Waals surface area contributed by atoms with Crippen LogP contribution in [0, 0.1) is 6.92 Å². The van der Waals surface area contributed by atoms with Crippen molar-refractivity contribution in [3.8, 4) is 0 Å². The lowest BCUT2D eigenvalue weighted by Gasteiger charge is -2.27. The molecular weight excluding hydrogens is 394 g/mol. The Kier molecular flexibility index (Phi) is 6.29. The fourth-order valence-electron chi connectivity index (χ4n) is 3.64. The Hall–Kier alpha value is -3.42. The molecule has 2 aromatic heterocycles. The van der Waals surface area contributed by atoms with Gasteiger partial charge in [-0.3, -0.25) is 18.7 Å². The standard InChI is InChI=1S/C23H29N5O3/c1-15-8-6-7-9-16(15)14-23(2,3)26-20(30)13-12-19(29)24-18-11-10-17-21(25-18)28(5)22(31)27(17)4/h6-11H,12-14H2,1-5H3,(H,26,30)(H,24,25,29). The maximum atomic E-state index is 12.4. The minimum atomic E-state index is -0.426. The molecule has 0 fully saturated rings. The highest BCUT2D eigenvalue weighted by molar-refractivity contribution is 5.93. The second-order valence-corrected chi connectivity index (χ2v) is 8.52. The number of imidazole rings is 1. The van der Waals surface area contributed by atoms with E-state index in [-0.39, 0.29) is 30.3 Å². The molecular formula is C23H29N5O3. The van der Waals surface area contributed by atoms with Crippen molar-refractivity contribution in [2.45, 2.75) is 45.6 Å². The first kappa shape index (κ1) is 22.3. The van der Waals surface area contributed by atoms with Crippen LogP contribution < -0.4 is 16.3 Å². The molecule has 3 rings (SSSR count). The Morgan fingerprint density at radius 2 is 1.68 bits per heavy atom. The first-order chi connectivity index (χ1) is 14.6. The molecule has 0 spiro atoms. The van der Waals surface area contributed by atoms with E-state index in [1.807, 2.05) is 26.0 Å². The average molecular weight is 424 g/mol. The molecule has 8 heteroatoms. The third-order valence-electron chi connectivity index (χ3n) is 5.33. The van der Waals surface area contributed by atoms with E-state index in [9.17, 15) is 14.4 Å². The van der Waals surface area contributed by atoms with Crippen molar-refractivity contribution in [2.75, 3.05) is 5.32 Å². The predicted molar refractivity (Wildman–Crippen MR) is 121 cm³/mol. The van der Waals surface area contributed by atoms with Gasteiger partial charge in [-0.2, -0.15) is 0 Å². The maximum absolute atomic E-state index is 12.4. The molecule has 0 aliphatic rings. The Balaban J connectivity index is 1.55. The third-order valence-corrected chi connectivity index (χ3v) is 5.33. The lowest BCUT2D eigenvalue weighted by molar-refractivity contribution is -0.125. The summed E-state index contributed by atoms with van der Waals surface area (Å²) in [7, 11) is 3.30. The lowest BCUT2D eigenvalue weighted by Crippen LogP contribution is -2.45. The first-order valence-corrected chi connectivity index (χ1v) is 10.3. The number of hydrogen-bond donors (Lipinski definition) is 2. The van der Waals surface area contributed by atoms with Crippen LogP contribution in [0.5, 0.6) is 0 Å². The maximum Gasteiger partial charge on any atom is 0.329 e. The van der Waals surface area contributed by atoms with Gasteiger partial charge in [0.15, 0.2) is 5.65 Å². The van der Waals surface area contributed by atoms with Crippen LogP contribution in [0.3, 0.4) is 0 Å². The molecule has 0 radical (unpaired) electrons. The fourth-order valence-corrected chi connectivity index (χ4v) is 3.64. The number of amides is 2. The topological polar surface area (TPSA) is 98.0 Å². The average Bonchev–Trinajstić information content (AvgIpc) is 2.91. The van der Waals surface area contributed by atoms with E-state index >= 15 is 0 Å². The van der Waals surface area contributed by atoms with Gasteiger partial charge in [-0.1, -0.05) is 24.3 Å². The van der Waals surface area contributed by atoms with E-state index in [1.165, 1.54) is 20.3 Å². The highest BCUT2D eigenvalue weighted by Gasteiger charge is 2.22. The Morgan fingerprint density at radius 3 is 2.39 bits per heavy atom. The quantitative estimate of drug-likeness (QED) is 0.610. The second kappa shape index (κ2) is 8.75. The van der Waals surface area contributed by atoms with Crippen LogP contribution in [0.4, 0.5) is 5.82 Å². The molecule has 0 saturated heterocycles. The molecule has 31 heavy (non-hydrogen) atoms. The van der Waals surface area contributed by atoms with Gasteiger partial charge in [-0.15, -0.1) is 0 Å². The predicted octanol–water partition coefficient (Wildman–Crippen LogP) is 2.44. The molecule has 2 amide bonds. The summed E-state index contributed by atoms with van der Waals surface area (Å²) in [5.74, 6) is -0.138. The van der Waals surface area contributed by atoms with Gasteiger partial charge >= 0.3 is 5.69 Å². The molecule has 164 valence electrons. The summed E-state index contributed by atoms with van der Waals surface area (Å²) in [4.78, 5) is 41.1. The number of pyridine rings is 1. The number of nitrogens with one attached hydrogen (secondary N) is 2. The SMILES string of the molecule is Cc1ccccc1CC(C)(C)NC(=O)CCC(=O)Nc1ccc2c(n1)n(C)c(=O)n2C. The minimum absolute atomic E-state index is 0.0414. The molecule has 3 aromatic rings. The number of carbonyl (C=O) groups is 2. The first-order valence-electron chi connectivity index (χ1n) is 10.3. The van der Waals surface area contributed by atoms with Crippen molar-refractivity contribution < 1.29 is 9.59 Å². The summed E-state index contributed by atoms with van der Waals surface area (Å²) >= 11 is 0. The van der Waals surface area contributed by atoms with Crippen LogP contribution in [0.15, 0.2) is 41.2 Å². The van der Waals surface area contributed by atoms with Crippen LogP contribution in [0.25, 0.3) is 11.2 Å². The van der Waals surface area contributed by atoms with Crippen molar-refractivity contribution in [3.05, 3.63) is 58.0 Å². The largest absolute Gasteiger partial charge is 0.351 e. The number of carbonyl (C=O) groups excluding carboxylic acids is 2. The summed E-state index contributed by atoms with van der Waals surface area (Å²) in [6.45, 7) is 6.00. The Morgan fingerprint density at radius 1 is 1.00 bits per heavy atom. The van der Waals surface area contributed by atoms with Gasteiger partial charge in [0.2, 0.25) is 11.8 Å². The normalized spacial score (nSPS) is 11.5. The van der Waals surface area contributed by atoms with E-state index in [0.29, 0.717) is 23.4 Å². The molecule has 2 N–H and O–H groups in total. The van der Waals surface area contributed by atoms with Crippen molar-refractivity contribution in [2.24, 2.45) is 14.1 Å². The van der Waals surface area contributed by atoms with Crippen molar-refractivity contribution >= 4 is 28.8 Å². The number of anilines is 1. The van der Waals surface area contributed by atoms with E-state index in [2.05, 4.69) is 34.7 Å². The number of hydrogen-bond acceptors (Lipinski definition) is 4. The summed E-state index contributed by atoms with van der Waals surface area (Å²) in [5.41, 5.74) is 2.93. The van der Waals surface area contributed by atoms with Gasteiger partial charge in [-0.05, 0) is 50.5 Å². The minimum Gasteiger partial charge on any atom is -0.351 e. The van der Waals surface area contributed by atoms with Gasteiger partial charge in [0.25, 0.3) is 0 Å². The Labute approximate surface area is 181 Å². The summed E-state index contributed by atoms with van der Waals surface area (Å²) in [6, 6.07) is 11.5. The molecule has 0 bridgehead atoms. The van der Waals surface area contributed by atoms with Gasteiger partial charge in [0.1, 0.15) is 5.82 Å². The van der Waals surface area contributed by atoms with Gasteiger partial charge in [0, 0.05) is 32.5 Å². The lowest BCUT2D eigenvalue weighted by atomic mass is 9.92. The Bertz CT molecular complexity index is 1190. The van der Waals surface area contributed by atoms with Gasteiger partial charge in [-0.25, -0.2) is 9.78 Å². The van der Waals surface area contributed by atoms with Gasteiger partial charge in [0.05, 0.1) is 5.52 Å². The number of aryl methyl sites for hydroxylation is 3. The molecule has 2 heterocycles. The number of benzene rings is 1. The van der Waals surface area contributed by atoms with E-state index in [4.69, 9.17) is 0 Å². The zero-order chi connectivity index (χ0) is 22.8. The number of fused-ring (bicyclic) bond motifs is 1. The highest BCUT2D eigenvalue weighted by Crippen LogP contribution is 2.17. The second-order valence-electron chi connectivity index (χ2n) is 8.52. The van der Waals surface area contributed by atoms with Crippen LogP contribution in [0.1, 0.15) is 37.8 Å². The van der Waals surface area contributed by atoms with Crippen molar-refractivity contribution in [3.63, 3.8) is 0 Å². The number of rotatable bonds is 7. The van der Waals surface area contributed by atoms with Crippen molar-refractivity contribution in [1.82, 2.24) is 19.4 Å². The third kappa shape index (κ3) is 5.20. The van der Waals surface area contributed by atoms with E-state index in [1.54, 1.807) is 26.2 Å². The molecule has 0 unspecified atom stereocenters. The van der Waals surface area contributed by atoms with E-state index < -0.39 is 5.54 Å². The summed E-state index contributed by atoms with van der Waals surface area (Å²) in [6.07, 6.45) is 0.826. The van der Waals surface area contributed by atoms with Crippen LogP contribution >= 0.6 is 0 Å². The molecule has 0 atom stereocenters. The van der Waals surface area contributed by atoms with Crippen LogP contribution in [-0.4, -0.2) is 31.5 Å². The van der Waals surface area contributed by atoms with Crippen molar-refractivity contribution in [1.29, 1.82) is 0 Å². The fraction of sp³-hybridized carbons (Fsp3) is 0.391. The molecule has 0 aliphatic carbocycles. The van der Waals surface area contributed by atoms with Gasteiger partial charge < -0.3 is 10.6 Å².